The number of hydrogen-bond donors (Lipinski definition) is 0. The molecule has 0 amide bonds. The van der Waals surface area contributed by atoms with E-state index < -0.39 is 0 Å². The highest BCUT2D eigenvalue weighted by atomic mass is 15.2. The van der Waals surface area contributed by atoms with Crippen molar-refractivity contribution in [2.24, 2.45) is 0 Å². The summed E-state index contributed by atoms with van der Waals surface area (Å²) in [6.45, 7) is 43.5. The number of rotatable bonds is 2. The first-order valence-corrected chi connectivity index (χ1v) is 26.2. The standard InChI is InChI=1S/C66H74B2N2/c1-61(2,3)39-29-31-49-45(33-39)47-35-41(63(7,8)9)37-51-55(47)67(49)57-53(65(13,14)15)60-58(54(66(16,17)18)59(57)69(51)43-25-21-19-22-26-43)68-50-32-30-40(62(4,5)6)34-46(50)48-36-42(64(10,11)12)38-52(56(48)68)70(60)44-27-23-20-24-28-44/h19-38H,1-18H3. The molecule has 0 fully saturated rings. The molecule has 4 aliphatic rings. The Morgan fingerprint density at radius 2 is 0.614 bits per heavy atom. The van der Waals surface area contributed by atoms with E-state index in [2.05, 4.69) is 256 Å². The van der Waals surface area contributed by atoms with Crippen LogP contribution < -0.4 is 42.6 Å². The van der Waals surface area contributed by atoms with Crippen LogP contribution in [0.25, 0.3) is 22.3 Å². The molecule has 0 radical (unpaired) electrons. The summed E-state index contributed by atoms with van der Waals surface area (Å²) in [6, 6.07) is 48.1. The van der Waals surface area contributed by atoms with E-state index in [0.29, 0.717) is 0 Å². The van der Waals surface area contributed by atoms with E-state index in [1.807, 2.05) is 0 Å². The Morgan fingerprint density at radius 1 is 0.300 bits per heavy atom. The van der Waals surface area contributed by atoms with Gasteiger partial charge in [-0.3, -0.25) is 0 Å². The maximum atomic E-state index is 2.75. The third kappa shape index (κ3) is 6.88. The number of benzene rings is 7. The second-order valence-electron chi connectivity index (χ2n) is 27.5. The van der Waals surface area contributed by atoms with Crippen LogP contribution in [-0.2, 0) is 32.5 Å². The van der Waals surface area contributed by atoms with E-state index in [9.17, 15) is 0 Å². The summed E-state index contributed by atoms with van der Waals surface area (Å²) >= 11 is 0. The maximum absolute atomic E-state index is 2.75. The molecule has 4 heterocycles. The molecule has 70 heavy (non-hydrogen) atoms. The number of hydrogen-bond acceptors (Lipinski definition) is 2. The Hall–Kier alpha value is -5.73. The SMILES string of the molecule is CC(C)(C)c1ccc2c(c1)-c1cc(C(C)(C)C)cc3c1B2c1c(c(C(C)(C)C)c2c(c1C(C)(C)C)N(c1ccccc1)c1cc(C(C)(C)C)cc4c1B2c1ccc(C(C)(C)C)cc1-4)N3c1ccccc1. The molecule has 0 saturated carbocycles. The smallest absolute Gasteiger partial charge is 0.248 e. The monoisotopic (exact) mass is 917 g/mol. The van der Waals surface area contributed by atoms with Gasteiger partial charge in [0.25, 0.3) is 0 Å². The van der Waals surface area contributed by atoms with Crippen LogP contribution in [-0.4, -0.2) is 13.4 Å². The lowest BCUT2D eigenvalue weighted by molar-refractivity contribution is 0.583. The van der Waals surface area contributed by atoms with Crippen molar-refractivity contribution >= 4 is 80.3 Å². The van der Waals surface area contributed by atoms with Crippen LogP contribution in [0.2, 0.25) is 0 Å². The molecule has 2 nitrogen and oxygen atoms in total. The van der Waals surface area contributed by atoms with Crippen LogP contribution in [0.4, 0.5) is 34.1 Å². The van der Waals surface area contributed by atoms with Gasteiger partial charge in [-0.15, -0.1) is 0 Å². The summed E-state index contributed by atoms with van der Waals surface area (Å²) in [5.74, 6) is 0. The summed E-state index contributed by atoms with van der Waals surface area (Å²) in [6.07, 6.45) is 0. The van der Waals surface area contributed by atoms with Gasteiger partial charge in [0.15, 0.2) is 0 Å². The van der Waals surface area contributed by atoms with Crippen LogP contribution in [0.3, 0.4) is 0 Å². The van der Waals surface area contributed by atoms with Gasteiger partial charge in [-0.05, 0) is 146 Å². The third-order valence-electron chi connectivity index (χ3n) is 16.2. The van der Waals surface area contributed by atoms with Gasteiger partial charge in [-0.2, -0.15) is 0 Å². The first-order valence-electron chi connectivity index (χ1n) is 26.2. The fourth-order valence-corrected chi connectivity index (χ4v) is 12.7. The Balaban J connectivity index is 1.41. The number of nitrogens with zero attached hydrogens (tertiary/aromatic N) is 2. The predicted molar refractivity (Wildman–Crippen MR) is 308 cm³/mol. The Morgan fingerprint density at radius 3 is 0.914 bits per heavy atom. The topological polar surface area (TPSA) is 6.48 Å². The molecule has 0 spiro atoms. The van der Waals surface area contributed by atoms with Gasteiger partial charge in [-0.25, -0.2) is 0 Å². The fourth-order valence-electron chi connectivity index (χ4n) is 12.7. The normalized spacial score (nSPS) is 14.9. The van der Waals surface area contributed by atoms with Gasteiger partial charge in [0.1, 0.15) is 0 Å². The minimum atomic E-state index is -0.281. The van der Waals surface area contributed by atoms with E-state index in [0.717, 1.165) is 0 Å². The highest BCUT2D eigenvalue weighted by molar-refractivity contribution is 7.04. The fraction of sp³-hybridized carbons (Fsp3) is 0.364. The number of fused-ring (bicyclic) bond motifs is 10. The third-order valence-corrected chi connectivity index (χ3v) is 16.2. The molecule has 354 valence electrons. The summed E-state index contributed by atoms with van der Waals surface area (Å²) < 4.78 is 0. The molecule has 4 heteroatoms. The van der Waals surface area contributed by atoms with E-state index in [1.54, 1.807) is 0 Å². The second-order valence-corrected chi connectivity index (χ2v) is 27.5. The van der Waals surface area contributed by atoms with E-state index in [1.165, 1.54) is 123 Å². The highest BCUT2D eigenvalue weighted by Gasteiger charge is 2.54. The van der Waals surface area contributed by atoms with Gasteiger partial charge >= 0.3 is 0 Å². The first kappa shape index (κ1) is 46.6. The van der Waals surface area contributed by atoms with Gasteiger partial charge in [-0.1, -0.05) is 220 Å². The van der Waals surface area contributed by atoms with Crippen molar-refractivity contribution in [2.45, 2.75) is 157 Å². The zero-order valence-electron chi connectivity index (χ0n) is 45.6. The second kappa shape index (κ2) is 14.9. The van der Waals surface area contributed by atoms with Crippen molar-refractivity contribution in [1.82, 2.24) is 0 Å². The highest BCUT2D eigenvalue weighted by Crippen LogP contribution is 2.54. The summed E-state index contributed by atoms with van der Waals surface area (Å²) in [5.41, 5.74) is 29.7. The van der Waals surface area contributed by atoms with Crippen molar-refractivity contribution in [3.05, 3.63) is 155 Å². The molecular weight excluding hydrogens is 842 g/mol. The van der Waals surface area contributed by atoms with Gasteiger partial charge < -0.3 is 9.80 Å². The lowest BCUT2D eigenvalue weighted by Gasteiger charge is -2.49. The number of para-hydroxylation sites is 2. The Labute approximate surface area is 422 Å². The quantitative estimate of drug-likeness (QED) is 0.159. The lowest BCUT2D eigenvalue weighted by atomic mass is 9.31. The van der Waals surface area contributed by atoms with Crippen molar-refractivity contribution in [1.29, 1.82) is 0 Å². The van der Waals surface area contributed by atoms with Crippen molar-refractivity contribution in [2.75, 3.05) is 9.80 Å². The van der Waals surface area contributed by atoms with Crippen molar-refractivity contribution in [3.63, 3.8) is 0 Å². The van der Waals surface area contributed by atoms with E-state index in [-0.39, 0.29) is 45.9 Å². The molecule has 0 saturated heterocycles. The molecule has 0 atom stereocenters. The van der Waals surface area contributed by atoms with E-state index in [4.69, 9.17) is 0 Å². The minimum Gasteiger partial charge on any atom is -0.311 e. The van der Waals surface area contributed by atoms with Gasteiger partial charge in [0, 0.05) is 34.1 Å². The molecule has 7 aromatic rings. The van der Waals surface area contributed by atoms with Crippen LogP contribution in [0, 0.1) is 0 Å². The lowest BCUT2D eigenvalue weighted by Crippen LogP contribution is -2.63. The van der Waals surface area contributed by atoms with Crippen molar-refractivity contribution < 1.29 is 0 Å². The zero-order chi connectivity index (χ0) is 50.2. The zero-order valence-corrected chi connectivity index (χ0v) is 45.6. The maximum Gasteiger partial charge on any atom is 0.248 e. The van der Waals surface area contributed by atoms with Crippen LogP contribution in [0.15, 0.2) is 121 Å². The van der Waals surface area contributed by atoms with Crippen LogP contribution >= 0.6 is 0 Å². The van der Waals surface area contributed by atoms with Gasteiger partial charge in [0.2, 0.25) is 13.4 Å². The number of anilines is 6. The molecule has 0 aliphatic carbocycles. The minimum absolute atomic E-state index is 0.000508. The Bertz CT molecular complexity index is 3090. The molecule has 0 bridgehead atoms. The van der Waals surface area contributed by atoms with Crippen LogP contribution in [0.5, 0.6) is 0 Å². The van der Waals surface area contributed by atoms with E-state index >= 15 is 0 Å². The molecule has 11 rings (SSSR count). The largest absolute Gasteiger partial charge is 0.311 e. The molecule has 7 aromatic carbocycles. The summed E-state index contributed by atoms with van der Waals surface area (Å²) in [4.78, 5) is 5.49. The van der Waals surface area contributed by atoms with Crippen LogP contribution in [0.1, 0.15) is 158 Å². The summed E-state index contributed by atoms with van der Waals surface area (Å²) in [5, 5.41) is 0. The first-order chi connectivity index (χ1) is 32.6. The molecule has 4 aliphatic heterocycles. The van der Waals surface area contributed by atoms with Gasteiger partial charge in [0.05, 0.1) is 0 Å². The summed E-state index contributed by atoms with van der Waals surface area (Å²) in [7, 11) is 0. The van der Waals surface area contributed by atoms with Crippen molar-refractivity contribution in [3.8, 4) is 22.3 Å². The predicted octanol–water partition coefficient (Wildman–Crippen LogP) is 14.0. The molecule has 0 N–H and O–H groups in total. The Kier molecular flexibility index (Phi) is 9.94. The molecule has 0 unspecified atom stereocenters. The average molecular weight is 917 g/mol. The molecule has 0 aromatic heterocycles. The average Bonchev–Trinajstić information content (AvgIpc) is 3.78. The molecular formula is C66H74B2N2.